The summed E-state index contributed by atoms with van der Waals surface area (Å²) >= 11 is 5.84. The smallest absolute Gasteiger partial charge is 0.0261 e. The highest BCUT2D eigenvalue weighted by Crippen LogP contribution is 2.14. The Labute approximate surface area is 93.2 Å². The van der Waals surface area contributed by atoms with E-state index in [2.05, 4.69) is 37.6 Å². The maximum atomic E-state index is 5.84. The number of hydrogen-bond donors (Lipinski definition) is 0. The van der Waals surface area contributed by atoms with Crippen LogP contribution in [0.25, 0.3) is 0 Å². The van der Waals surface area contributed by atoms with Crippen molar-refractivity contribution < 1.29 is 0 Å². The van der Waals surface area contributed by atoms with Gasteiger partial charge in [-0.15, -0.1) is 11.6 Å². The summed E-state index contributed by atoms with van der Waals surface area (Å²) < 4.78 is 0. The van der Waals surface area contributed by atoms with E-state index in [9.17, 15) is 0 Å². The van der Waals surface area contributed by atoms with Crippen LogP contribution in [0.2, 0.25) is 0 Å². The summed E-state index contributed by atoms with van der Waals surface area (Å²) in [5.74, 6) is 1.38. The van der Waals surface area contributed by atoms with Crippen LogP contribution >= 0.6 is 11.6 Å². The van der Waals surface area contributed by atoms with Crippen LogP contribution in [0, 0.1) is 5.92 Å². The number of alkyl halides is 1. The molecule has 3 atom stereocenters. The van der Waals surface area contributed by atoms with Gasteiger partial charge < -0.3 is 0 Å². The van der Waals surface area contributed by atoms with E-state index >= 15 is 0 Å². The molecule has 84 valence electrons. The molecule has 0 aromatic carbocycles. The predicted octanol–water partition coefficient (Wildman–Crippen LogP) is 1.89. The van der Waals surface area contributed by atoms with E-state index in [0.29, 0.717) is 18.0 Å². The summed E-state index contributed by atoms with van der Waals surface area (Å²) in [6.45, 7) is 10.3. The maximum Gasteiger partial charge on any atom is 0.0261 e. The van der Waals surface area contributed by atoms with Crippen molar-refractivity contribution in [2.24, 2.45) is 5.92 Å². The largest absolute Gasteiger partial charge is 0.300 e. The third-order valence-corrected chi connectivity index (χ3v) is 3.80. The van der Waals surface area contributed by atoms with Crippen LogP contribution in [0.15, 0.2) is 0 Å². The van der Waals surface area contributed by atoms with E-state index in [-0.39, 0.29) is 0 Å². The standard InChI is InChI=1S/C11H23ClN2/c1-9(5-12)6-14-7-10(2)13(4)11(3)8-14/h9-11H,5-8H2,1-4H3/t9?,10-,11+. The lowest BCUT2D eigenvalue weighted by atomic mass is 10.1. The SMILES string of the molecule is CC(CCl)CN1C[C@@H](C)N(C)[C@@H](C)C1. The van der Waals surface area contributed by atoms with Crippen LogP contribution in [0.5, 0.6) is 0 Å². The van der Waals surface area contributed by atoms with Gasteiger partial charge in [0.15, 0.2) is 0 Å². The van der Waals surface area contributed by atoms with Crippen LogP contribution in [-0.4, -0.2) is 54.4 Å². The number of likely N-dealkylation sites (N-methyl/N-ethyl adjacent to an activating group) is 1. The molecule has 0 aliphatic carbocycles. The molecule has 0 amide bonds. The van der Waals surface area contributed by atoms with Gasteiger partial charge in [0.05, 0.1) is 0 Å². The normalized spacial score (nSPS) is 33.2. The van der Waals surface area contributed by atoms with Gasteiger partial charge in [0.1, 0.15) is 0 Å². The molecular formula is C11H23ClN2. The molecule has 1 heterocycles. The molecule has 3 heteroatoms. The average Bonchev–Trinajstić information content (AvgIpc) is 2.14. The van der Waals surface area contributed by atoms with Gasteiger partial charge in [-0.3, -0.25) is 9.80 Å². The lowest BCUT2D eigenvalue weighted by Crippen LogP contribution is -2.55. The minimum atomic E-state index is 0.611. The maximum absolute atomic E-state index is 5.84. The first-order valence-corrected chi connectivity index (χ1v) is 6.08. The summed E-state index contributed by atoms with van der Waals surface area (Å²) in [5.41, 5.74) is 0. The second kappa shape index (κ2) is 5.34. The minimum Gasteiger partial charge on any atom is -0.300 e. The van der Waals surface area contributed by atoms with E-state index in [0.717, 1.165) is 12.4 Å². The van der Waals surface area contributed by atoms with E-state index < -0.39 is 0 Å². The molecule has 1 saturated heterocycles. The average molecular weight is 219 g/mol. The molecule has 1 aliphatic rings. The summed E-state index contributed by atoms with van der Waals surface area (Å²) in [6, 6.07) is 1.34. The highest BCUT2D eigenvalue weighted by molar-refractivity contribution is 6.18. The quantitative estimate of drug-likeness (QED) is 0.668. The molecule has 0 radical (unpaired) electrons. The zero-order valence-electron chi connectivity index (χ0n) is 9.83. The zero-order chi connectivity index (χ0) is 10.7. The number of rotatable bonds is 3. The molecular weight excluding hydrogens is 196 g/mol. The van der Waals surface area contributed by atoms with Crippen LogP contribution < -0.4 is 0 Å². The highest BCUT2D eigenvalue weighted by atomic mass is 35.5. The van der Waals surface area contributed by atoms with Crippen molar-refractivity contribution in [3.8, 4) is 0 Å². The first-order chi connectivity index (χ1) is 6.54. The molecule has 1 fully saturated rings. The van der Waals surface area contributed by atoms with Gasteiger partial charge in [-0.2, -0.15) is 0 Å². The van der Waals surface area contributed by atoms with Gasteiger partial charge in [0.25, 0.3) is 0 Å². The van der Waals surface area contributed by atoms with Gasteiger partial charge in [0, 0.05) is 37.6 Å². The Morgan fingerprint density at radius 1 is 1.29 bits per heavy atom. The Hall–Kier alpha value is 0.210. The van der Waals surface area contributed by atoms with E-state index in [1.807, 2.05) is 0 Å². The second-order valence-corrected chi connectivity index (χ2v) is 5.15. The summed E-state index contributed by atoms with van der Waals surface area (Å²) in [4.78, 5) is 5.00. The van der Waals surface area contributed by atoms with Crippen molar-refractivity contribution in [3.63, 3.8) is 0 Å². The predicted molar refractivity (Wildman–Crippen MR) is 63.0 cm³/mol. The van der Waals surface area contributed by atoms with E-state index in [1.165, 1.54) is 13.1 Å². The third kappa shape index (κ3) is 3.11. The third-order valence-electron chi connectivity index (χ3n) is 3.27. The van der Waals surface area contributed by atoms with Crippen molar-refractivity contribution >= 4 is 11.6 Å². The summed E-state index contributed by atoms with van der Waals surface area (Å²) in [6.07, 6.45) is 0. The van der Waals surface area contributed by atoms with Crippen LogP contribution in [-0.2, 0) is 0 Å². The monoisotopic (exact) mass is 218 g/mol. The van der Waals surface area contributed by atoms with Crippen molar-refractivity contribution in [1.82, 2.24) is 9.80 Å². The fourth-order valence-electron chi connectivity index (χ4n) is 2.15. The zero-order valence-corrected chi connectivity index (χ0v) is 10.6. The van der Waals surface area contributed by atoms with Crippen LogP contribution in [0.1, 0.15) is 20.8 Å². The number of halogens is 1. The van der Waals surface area contributed by atoms with Crippen molar-refractivity contribution in [1.29, 1.82) is 0 Å². The topological polar surface area (TPSA) is 6.48 Å². The number of piperazine rings is 1. The van der Waals surface area contributed by atoms with Crippen molar-refractivity contribution in [3.05, 3.63) is 0 Å². The van der Waals surface area contributed by atoms with E-state index in [1.54, 1.807) is 0 Å². The number of hydrogen-bond acceptors (Lipinski definition) is 2. The molecule has 0 spiro atoms. The molecule has 0 aromatic rings. The summed E-state index contributed by atoms with van der Waals surface area (Å²) in [5, 5.41) is 0. The van der Waals surface area contributed by atoms with Gasteiger partial charge >= 0.3 is 0 Å². The fraction of sp³-hybridized carbons (Fsp3) is 1.00. The van der Waals surface area contributed by atoms with Crippen molar-refractivity contribution in [2.75, 3.05) is 32.6 Å². The summed E-state index contributed by atoms with van der Waals surface area (Å²) in [7, 11) is 2.22. The Kier molecular flexibility index (Phi) is 4.68. The Morgan fingerprint density at radius 2 is 1.79 bits per heavy atom. The van der Waals surface area contributed by atoms with Crippen molar-refractivity contribution in [2.45, 2.75) is 32.9 Å². The Bertz CT molecular complexity index is 160. The van der Waals surface area contributed by atoms with Gasteiger partial charge in [-0.1, -0.05) is 6.92 Å². The molecule has 1 aliphatic heterocycles. The molecule has 14 heavy (non-hydrogen) atoms. The van der Waals surface area contributed by atoms with Crippen LogP contribution in [0.4, 0.5) is 0 Å². The molecule has 0 saturated carbocycles. The lowest BCUT2D eigenvalue weighted by Gasteiger charge is -2.43. The van der Waals surface area contributed by atoms with Crippen LogP contribution in [0.3, 0.4) is 0 Å². The fourth-order valence-corrected chi connectivity index (χ4v) is 2.25. The first kappa shape index (κ1) is 12.3. The molecule has 0 bridgehead atoms. The van der Waals surface area contributed by atoms with Gasteiger partial charge in [-0.05, 0) is 26.8 Å². The molecule has 0 aromatic heterocycles. The van der Waals surface area contributed by atoms with Gasteiger partial charge in [0.2, 0.25) is 0 Å². The van der Waals surface area contributed by atoms with Gasteiger partial charge in [-0.25, -0.2) is 0 Å². The second-order valence-electron chi connectivity index (χ2n) is 4.84. The number of nitrogens with zero attached hydrogens (tertiary/aromatic N) is 2. The lowest BCUT2D eigenvalue weighted by molar-refractivity contribution is 0.0538. The minimum absolute atomic E-state index is 0.611. The Morgan fingerprint density at radius 3 is 2.21 bits per heavy atom. The molecule has 2 nitrogen and oxygen atoms in total. The Balaban J connectivity index is 2.41. The highest BCUT2D eigenvalue weighted by Gasteiger charge is 2.26. The van der Waals surface area contributed by atoms with E-state index in [4.69, 9.17) is 11.6 Å². The first-order valence-electron chi connectivity index (χ1n) is 5.54. The molecule has 0 N–H and O–H groups in total. The molecule has 1 unspecified atom stereocenters. The molecule has 1 rings (SSSR count).